The molecule has 0 bridgehead atoms. The molecule has 0 aliphatic heterocycles. The maximum atomic E-state index is 11.7. The van der Waals surface area contributed by atoms with Crippen LogP contribution in [0.1, 0.15) is 31.7 Å². The summed E-state index contributed by atoms with van der Waals surface area (Å²) < 4.78 is 5.10. The zero-order valence-electron chi connectivity index (χ0n) is 11.3. The van der Waals surface area contributed by atoms with E-state index in [4.69, 9.17) is 10.5 Å². The highest BCUT2D eigenvalue weighted by atomic mass is 16.5. The maximum absolute atomic E-state index is 11.7. The molecular formula is C14H22N2O2. The third-order valence-corrected chi connectivity index (χ3v) is 2.94. The van der Waals surface area contributed by atoms with E-state index in [0.29, 0.717) is 13.0 Å². The molecule has 0 spiro atoms. The number of nitrogens with one attached hydrogen (secondary N) is 1. The Bertz CT molecular complexity index is 376. The summed E-state index contributed by atoms with van der Waals surface area (Å²) >= 11 is 0. The van der Waals surface area contributed by atoms with Crippen LogP contribution >= 0.6 is 0 Å². The van der Waals surface area contributed by atoms with Gasteiger partial charge in [0.2, 0.25) is 5.91 Å². The molecule has 0 heterocycles. The number of hydrogen-bond acceptors (Lipinski definition) is 3. The normalized spacial score (nSPS) is 13.8. The lowest BCUT2D eigenvalue weighted by Crippen LogP contribution is -2.38. The molecule has 1 aromatic rings. The lowest BCUT2D eigenvalue weighted by molar-refractivity contribution is -0.121. The number of methoxy groups -OCH3 is 1. The molecule has 4 nitrogen and oxygen atoms in total. The Kier molecular flexibility index (Phi) is 5.65. The maximum Gasteiger partial charge on any atom is 0.220 e. The molecule has 0 saturated carbocycles. The summed E-state index contributed by atoms with van der Waals surface area (Å²) in [5, 5.41) is 2.86. The van der Waals surface area contributed by atoms with Gasteiger partial charge in [-0.1, -0.05) is 19.1 Å². The SMILES string of the molecule is COc1ccc(C(C)CC(=O)N[C@@H](C)CN)cc1. The van der Waals surface area contributed by atoms with Gasteiger partial charge in [-0.3, -0.25) is 4.79 Å². The highest BCUT2D eigenvalue weighted by Crippen LogP contribution is 2.21. The Labute approximate surface area is 109 Å². The van der Waals surface area contributed by atoms with E-state index >= 15 is 0 Å². The van der Waals surface area contributed by atoms with E-state index < -0.39 is 0 Å². The second-order valence-corrected chi connectivity index (χ2v) is 4.58. The second kappa shape index (κ2) is 7.01. The first-order valence-corrected chi connectivity index (χ1v) is 6.20. The van der Waals surface area contributed by atoms with Gasteiger partial charge in [-0.2, -0.15) is 0 Å². The number of carbonyl (C=O) groups is 1. The van der Waals surface area contributed by atoms with Crippen LogP contribution in [0.2, 0.25) is 0 Å². The molecule has 1 unspecified atom stereocenters. The predicted octanol–water partition coefficient (Wildman–Crippen LogP) is 1.65. The van der Waals surface area contributed by atoms with Crippen molar-refractivity contribution in [2.24, 2.45) is 5.73 Å². The minimum Gasteiger partial charge on any atom is -0.497 e. The highest BCUT2D eigenvalue weighted by Gasteiger charge is 2.12. The molecule has 0 aliphatic carbocycles. The highest BCUT2D eigenvalue weighted by molar-refractivity contribution is 5.77. The monoisotopic (exact) mass is 250 g/mol. The standard InChI is InChI=1S/C14H22N2O2/c1-10(8-14(17)16-11(2)9-15)12-4-6-13(18-3)7-5-12/h4-7,10-11H,8-9,15H2,1-3H3,(H,16,17)/t10?,11-/m0/s1. The van der Waals surface area contributed by atoms with Gasteiger partial charge in [0, 0.05) is 19.0 Å². The topological polar surface area (TPSA) is 64.3 Å². The number of ether oxygens (including phenoxy) is 1. The zero-order chi connectivity index (χ0) is 13.5. The average molecular weight is 250 g/mol. The molecule has 0 aromatic heterocycles. The lowest BCUT2D eigenvalue weighted by atomic mass is 9.97. The molecule has 3 N–H and O–H groups in total. The minimum atomic E-state index is 0.0283. The fourth-order valence-electron chi connectivity index (χ4n) is 1.72. The number of amides is 1. The van der Waals surface area contributed by atoms with Crippen molar-refractivity contribution in [3.63, 3.8) is 0 Å². The fourth-order valence-corrected chi connectivity index (χ4v) is 1.72. The zero-order valence-corrected chi connectivity index (χ0v) is 11.3. The van der Waals surface area contributed by atoms with Crippen LogP contribution in [0.5, 0.6) is 5.75 Å². The van der Waals surface area contributed by atoms with E-state index in [9.17, 15) is 4.79 Å². The molecule has 1 amide bonds. The Morgan fingerprint density at radius 1 is 1.33 bits per heavy atom. The molecule has 0 radical (unpaired) electrons. The molecule has 100 valence electrons. The minimum absolute atomic E-state index is 0.0283. The van der Waals surface area contributed by atoms with E-state index in [-0.39, 0.29) is 17.9 Å². The van der Waals surface area contributed by atoms with Crippen molar-refractivity contribution in [1.82, 2.24) is 5.32 Å². The molecule has 18 heavy (non-hydrogen) atoms. The van der Waals surface area contributed by atoms with Crippen molar-refractivity contribution >= 4 is 5.91 Å². The Balaban J connectivity index is 2.53. The van der Waals surface area contributed by atoms with E-state index in [1.165, 1.54) is 0 Å². The molecule has 4 heteroatoms. The number of nitrogens with two attached hydrogens (primary N) is 1. The van der Waals surface area contributed by atoms with Crippen LogP contribution in [0, 0.1) is 0 Å². The summed E-state index contributed by atoms with van der Waals surface area (Å²) in [7, 11) is 1.64. The quantitative estimate of drug-likeness (QED) is 0.807. The van der Waals surface area contributed by atoms with E-state index in [1.807, 2.05) is 38.1 Å². The van der Waals surface area contributed by atoms with Gasteiger partial charge in [-0.15, -0.1) is 0 Å². The number of carbonyl (C=O) groups excluding carboxylic acids is 1. The van der Waals surface area contributed by atoms with Crippen LogP contribution in [0.25, 0.3) is 0 Å². The summed E-state index contributed by atoms with van der Waals surface area (Å²) in [5.74, 6) is 1.05. The molecule has 0 saturated heterocycles. The fraction of sp³-hybridized carbons (Fsp3) is 0.500. The van der Waals surface area contributed by atoms with E-state index in [0.717, 1.165) is 11.3 Å². The predicted molar refractivity (Wildman–Crippen MR) is 72.7 cm³/mol. The van der Waals surface area contributed by atoms with Gasteiger partial charge >= 0.3 is 0 Å². The van der Waals surface area contributed by atoms with Crippen LogP contribution in [0.15, 0.2) is 24.3 Å². The smallest absolute Gasteiger partial charge is 0.220 e. The van der Waals surface area contributed by atoms with Crippen LogP contribution in [-0.4, -0.2) is 25.6 Å². The van der Waals surface area contributed by atoms with Gasteiger partial charge in [-0.25, -0.2) is 0 Å². The molecule has 1 rings (SSSR count). The summed E-state index contributed by atoms with van der Waals surface area (Å²) in [5.41, 5.74) is 6.60. The first-order chi connectivity index (χ1) is 8.56. The van der Waals surface area contributed by atoms with Gasteiger partial charge in [0.05, 0.1) is 7.11 Å². The van der Waals surface area contributed by atoms with Crippen molar-refractivity contribution in [2.75, 3.05) is 13.7 Å². The summed E-state index contributed by atoms with van der Waals surface area (Å²) in [6, 6.07) is 7.82. The molecule has 0 fully saturated rings. The van der Waals surface area contributed by atoms with Gasteiger partial charge in [0.1, 0.15) is 5.75 Å². The van der Waals surface area contributed by atoms with Gasteiger partial charge in [0.15, 0.2) is 0 Å². The van der Waals surface area contributed by atoms with Crippen LogP contribution in [0.4, 0.5) is 0 Å². The van der Waals surface area contributed by atoms with Crippen LogP contribution < -0.4 is 15.8 Å². The van der Waals surface area contributed by atoms with Crippen molar-refractivity contribution in [3.05, 3.63) is 29.8 Å². The molecule has 2 atom stereocenters. The first-order valence-electron chi connectivity index (χ1n) is 6.20. The Morgan fingerprint density at radius 3 is 2.44 bits per heavy atom. The van der Waals surface area contributed by atoms with Gasteiger partial charge < -0.3 is 15.8 Å². The Hall–Kier alpha value is -1.55. The largest absolute Gasteiger partial charge is 0.497 e. The van der Waals surface area contributed by atoms with E-state index in [2.05, 4.69) is 5.32 Å². The van der Waals surface area contributed by atoms with Crippen molar-refractivity contribution in [2.45, 2.75) is 32.2 Å². The third kappa shape index (κ3) is 4.37. The molecular weight excluding hydrogens is 228 g/mol. The van der Waals surface area contributed by atoms with Crippen molar-refractivity contribution in [1.29, 1.82) is 0 Å². The van der Waals surface area contributed by atoms with Gasteiger partial charge in [-0.05, 0) is 30.5 Å². The second-order valence-electron chi connectivity index (χ2n) is 4.58. The lowest BCUT2D eigenvalue weighted by Gasteiger charge is -2.15. The molecule has 0 aliphatic rings. The summed E-state index contributed by atoms with van der Waals surface area (Å²) in [6.07, 6.45) is 0.469. The van der Waals surface area contributed by atoms with E-state index in [1.54, 1.807) is 7.11 Å². The first kappa shape index (κ1) is 14.5. The summed E-state index contributed by atoms with van der Waals surface area (Å²) in [4.78, 5) is 11.7. The molecule has 1 aromatic carbocycles. The number of rotatable bonds is 6. The van der Waals surface area contributed by atoms with Crippen LogP contribution in [-0.2, 0) is 4.79 Å². The van der Waals surface area contributed by atoms with Crippen molar-refractivity contribution in [3.8, 4) is 5.75 Å². The number of hydrogen-bond donors (Lipinski definition) is 2. The van der Waals surface area contributed by atoms with Gasteiger partial charge in [0.25, 0.3) is 0 Å². The van der Waals surface area contributed by atoms with Crippen LogP contribution in [0.3, 0.4) is 0 Å². The average Bonchev–Trinajstić information content (AvgIpc) is 2.38. The Morgan fingerprint density at radius 2 is 1.94 bits per heavy atom. The number of benzene rings is 1. The van der Waals surface area contributed by atoms with Crippen molar-refractivity contribution < 1.29 is 9.53 Å². The third-order valence-electron chi connectivity index (χ3n) is 2.94. The summed E-state index contributed by atoms with van der Waals surface area (Å²) in [6.45, 7) is 4.40.